The van der Waals surface area contributed by atoms with Crippen LogP contribution in [0.25, 0.3) is 0 Å². The number of nitrogens with zero attached hydrogens (tertiary/aromatic N) is 3. The number of halogens is 1. The van der Waals surface area contributed by atoms with Gasteiger partial charge >= 0.3 is 0 Å². The van der Waals surface area contributed by atoms with Crippen molar-refractivity contribution in [3.8, 4) is 5.88 Å². The molecule has 2 heterocycles. The molecule has 1 unspecified atom stereocenters. The first-order valence-corrected chi connectivity index (χ1v) is 6.76. The summed E-state index contributed by atoms with van der Waals surface area (Å²) in [7, 11) is 3.79. The first-order chi connectivity index (χ1) is 8.20. The summed E-state index contributed by atoms with van der Waals surface area (Å²) in [6.07, 6.45) is 4.85. The van der Waals surface area contributed by atoms with Crippen LogP contribution in [0.3, 0.4) is 0 Å². The minimum atomic E-state index is 0.547. The third kappa shape index (κ3) is 3.16. The Morgan fingerprint density at radius 1 is 1.47 bits per heavy atom. The fourth-order valence-corrected chi connectivity index (χ4v) is 2.78. The summed E-state index contributed by atoms with van der Waals surface area (Å²) >= 11 is 3.45. The van der Waals surface area contributed by atoms with Crippen LogP contribution in [0.15, 0.2) is 10.5 Å². The number of aromatic nitrogens is 2. The molecule has 4 nitrogen and oxygen atoms in total. The molecule has 1 aliphatic rings. The Balaban J connectivity index is 2.05. The van der Waals surface area contributed by atoms with Crippen molar-refractivity contribution in [2.75, 3.05) is 20.7 Å². The Hall–Kier alpha value is -0.680. The molecular formula is C12H18BrN3O. The van der Waals surface area contributed by atoms with Crippen molar-refractivity contribution in [2.24, 2.45) is 0 Å². The van der Waals surface area contributed by atoms with Crippen molar-refractivity contribution < 1.29 is 4.74 Å². The molecule has 0 spiro atoms. The van der Waals surface area contributed by atoms with Crippen molar-refractivity contribution in [3.63, 3.8) is 0 Å². The molecule has 17 heavy (non-hydrogen) atoms. The third-order valence-corrected chi connectivity index (χ3v) is 3.89. The first kappa shape index (κ1) is 12.8. The van der Waals surface area contributed by atoms with Crippen molar-refractivity contribution in [1.29, 1.82) is 0 Å². The lowest BCUT2D eigenvalue weighted by atomic mass is 9.99. The Morgan fingerprint density at radius 2 is 2.29 bits per heavy atom. The van der Waals surface area contributed by atoms with Crippen molar-refractivity contribution >= 4 is 15.9 Å². The number of likely N-dealkylation sites (N-methyl/N-ethyl adjacent to an activating group) is 1. The Kier molecular flexibility index (Phi) is 4.34. The van der Waals surface area contributed by atoms with Crippen LogP contribution in [-0.2, 0) is 6.42 Å². The second-order valence-corrected chi connectivity index (χ2v) is 5.38. The number of hydrogen-bond donors (Lipinski definition) is 0. The van der Waals surface area contributed by atoms with E-state index in [0.717, 1.165) is 16.6 Å². The standard InChI is InChI=1S/C12H18BrN3O/c1-16-6-4-3-5-10(16)7-9-8-11(13)12(17-2)15-14-9/h8,10H,3-7H2,1-2H3. The molecule has 1 fully saturated rings. The zero-order valence-corrected chi connectivity index (χ0v) is 11.9. The maximum Gasteiger partial charge on any atom is 0.247 e. The van der Waals surface area contributed by atoms with Gasteiger partial charge in [-0.3, -0.25) is 0 Å². The van der Waals surface area contributed by atoms with E-state index in [1.807, 2.05) is 6.07 Å². The molecule has 0 amide bonds. The highest BCUT2D eigenvalue weighted by molar-refractivity contribution is 9.10. The van der Waals surface area contributed by atoms with Crippen LogP contribution in [0.1, 0.15) is 25.0 Å². The van der Waals surface area contributed by atoms with E-state index in [-0.39, 0.29) is 0 Å². The van der Waals surface area contributed by atoms with Crippen LogP contribution in [0.2, 0.25) is 0 Å². The van der Waals surface area contributed by atoms with Crippen molar-refractivity contribution in [1.82, 2.24) is 15.1 Å². The van der Waals surface area contributed by atoms with E-state index < -0.39 is 0 Å². The Morgan fingerprint density at radius 3 is 2.94 bits per heavy atom. The van der Waals surface area contributed by atoms with Crippen LogP contribution in [-0.4, -0.2) is 41.8 Å². The molecular weight excluding hydrogens is 282 g/mol. The number of likely N-dealkylation sites (tertiary alicyclic amines) is 1. The molecule has 94 valence electrons. The fraction of sp³-hybridized carbons (Fsp3) is 0.667. The number of rotatable bonds is 3. The quantitative estimate of drug-likeness (QED) is 0.858. The third-order valence-electron chi connectivity index (χ3n) is 3.33. The van der Waals surface area contributed by atoms with Crippen LogP contribution in [0.4, 0.5) is 0 Å². The molecule has 1 atom stereocenters. The minimum Gasteiger partial charge on any atom is -0.479 e. The zero-order chi connectivity index (χ0) is 12.3. The molecule has 1 saturated heterocycles. The van der Waals surface area contributed by atoms with E-state index in [9.17, 15) is 0 Å². The summed E-state index contributed by atoms with van der Waals surface area (Å²) in [6.45, 7) is 1.19. The van der Waals surface area contributed by atoms with Gasteiger partial charge < -0.3 is 9.64 Å². The number of methoxy groups -OCH3 is 1. The van der Waals surface area contributed by atoms with Crippen LogP contribution in [0, 0.1) is 0 Å². The van der Waals surface area contributed by atoms with Gasteiger partial charge in [0.05, 0.1) is 17.3 Å². The first-order valence-electron chi connectivity index (χ1n) is 5.97. The lowest BCUT2D eigenvalue weighted by Crippen LogP contribution is -2.37. The molecule has 0 aromatic carbocycles. The van der Waals surface area contributed by atoms with Gasteiger partial charge in [0.15, 0.2) is 0 Å². The topological polar surface area (TPSA) is 38.3 Å². The highest BCUT2D eigenvalue weighted by Gasteiger charge is 2.20. The molecule has 0 bridgehead atoms. The molecule has 0 N–H and O–H groups in total. The fourth-order valence-electron chi connectivity index (χ4n) is 2.28. The van der Waals surface area contributed by atoms with E-state index in [1.165, 1.54) is 25.8 Å². The monoisotopic (exact) mass is 299 g/mol. The van der Waals surface area contributed by atoms with Gasteiger partial charge in [-0.1, -0.05) is 6.42 Å². The highest BCUT2D eigenvalue weighted by Crippen LogP contribution is 2.23. The van der Waals surface area contributed by atoms with Gasteiger partial charge in [-0.05, 0) is 48.4 Å². The Labute approximate surface area is 110 Å². The Bertz CT molecular complexity index is 386. The van der Waals surface area contributed by atoms with E-state index in [0.29, 0.717) is 11.9 Å². The van der Waals surface area contributed by atoms with Crippen LogP contribution >= 0.6 is 15.9 Å². The SMILES string of the molecule is COc1nnc(CC2CCCCN2C)cc1Br. The lowest BCUT2D eigenvalue weighted by molar-refractivity contribution is 0.183. The van der Waals surface area contributed by atoms with Crippen molar-refractivity contribution in [2.45, 2.75) is 31.7 Å². The number of piperidine rings is 1. The smallest absolute Gasteiger partial charge is 0.247 e. The number of hydrogen-bond acceptors (Lipinski definition) is 4. The normalized spacial score (nSPS) is 21.5. The summed E-state index contributed by atoms with van der Waals surface area (Å²) in [4.78, 5) is 2.42. The maximum atomic E-state index is 5.08. The van der Waals surface area contributed by atoms with E-state index in [1.54, 1.807) is 7.11 Å². The van der Waals surface area contributed by atoms with Gasteiger partial charge in [0.1, 0.15) is 0 Å². The van der Waals surface area contributed by atoms with Gasteiger partial charge in [0, 0.05) is 12.5 Å². The number of ether oxygens (including phenoxy) is 1. The summed E-state index contributed by atoms with van der Waals surface area (Å²) < 4.78 is 5.96. The van der Waals surface area contributed by atoms with Crippen LogP contribution in [0.5, 0.6) is 5.88 Å². The van der Waals surface area contributed by atoms with Crippen LogP contribution < -0.4 is 4.74 Å². The molecule has 0 aliphatic carbocycles. The average molecular weight is 300 g/mol. The maximum absolute atomic E-state index is 5.08. The van der Waals surface area contributed by atoms with Crippen molar-refractivity contribution in [3.05, 3.63) is 16.2 Å². The molecule has 2 rings (SSSR count). The summed E-state index contributed by atoms with van der Waals surface area (Å²) in [5.74, 6) is 0.547. The largest absolute Gasteiger partial charge is 0.479 e. The van der Waals surface area contributed by atoms with Gasteiger partial charge in [-0.15, -0.1) is 5.10 Å². The highest BCUT2D eigenvalue weighted by atomic mass is 79.9. The molecule has 1 aromatic rings. The summed E-state index contributed by atoms with van der Waals surface area (Å²) in [5, 5.41) is 8.26. The summed E-state index contributed by atoms with van der Waals surface area (Å²) in [5.41, 5.74) is 1.02. The van der Waals surface area contributed by atoms with Gasteiger partial charge in [0.2, 0.25) is 5.88 Å². The summed E-state index contributed by atoms with van der Waals surface area (Å²) in [6, 6.07) is 2.60. The molecule has 5 heteroatoms. The van der Waals surface area contributed by atoms with Gasteiger partial charge in [-0.2, -0.15) is 5.10 Å². The van der Waals surface area contributed by atoms with E-state index >= 15 is 0 Å². The lowest BCUT2D eigenvalue weighted by Gasteiger charge is -2.32. The second kappa shape index (κ2) is 5.78. The van der Waals surface area contributed by atoms with Gasteiger partial charge in [-0.25, -0.2) is 0 Å². The van der Waals surface area contributed by atoms with E-state index in [4.69, 9.17) is 4.74 Å². The van der Waals surface area contributed by atoms with Gasteiger partial charge in [0.25, 0.3) is 0 Å². The zero-order valence-electron chi connectivity index (χ0n) is 10.3. The molecule has 0 saturated carbocycles. The second-order valence-electron chi connectivity index (χ2n) is 4.53. The molecule has 1 aromatic heterocycles. The minimum absolute atomic E-state index is 0.547. The molecule has 0 radical (unpaired) electrons. The van der Waals surface area contributed by atoms with E-state index in [2.05, 4.69) is 38.1 Å². The predicted molar refractivity (Wildman–Crippen MR) is 70.3 cm³/mol. The average Bonchev–Trinajstić information content (AvgIpc) is 2.32. The molecule has 1 aliphatic heterocycles. The predicted octanol–water partition coefficient (Wildman–Crippen LogP) is 2.27.